The first-order chi connectivity index (χ1) is 12.3. The van der Waals surface area contributed by atoms with Crippen molar-refractivity contribution < 1.29 is 9.15 Å². The third-order valence-electron chi connectivity index (χ3n) is 4.64. The van der Waals surface area contributed by atoms with Crippen LogP contribution in [-0.2, 0) is 11.3 Å². The molecule has 0 radical (unpaired) electrons. The van der Waals surface area contributed by atoms with E-state index in [4.69, 9.17) is 9.15 Å². The molecule has 0 saturated carbocycles. The Balaban J connectivity index is 1.35. The Morgan fingerprint density at radius 3 is 2.88 bits per heavy atom. The van der Waals surface area contributed by atoms with Gasteiger partial charge in [-0.2, -0.15) is 5.10 Å². The van der Waals surface area contributed by atoms with Gasteiger partial charge in [-0.1, -0.05) is 18.2 Å². The maximum Gasteiger partial charge on any atom is 0.134 e. The van der Waals surface area contributed by atoms with Crippen LogP contribution in [0.3, 0.4) is 0 Å². The molecule has 0 unspecified atom stereocenters. The third kappa shape index (κ3) is 3.86. The normalized spacial score (nSPS) is 17.0. The van der Waals surface area contributed by atoms with Gasteiger partial charge in [0.15, 0.2) is 0 Å². The van der Waals surface area contributed by atoms with Crippen LogP contribution in [0.1, 0.15) is 18.7 Å². The van der Waals surface area contributed by atoms with Gasteiger partial charge in [-0.3, -0.25) is 9.58 Å². The van der Waals surface area contributed by atoms with Gasteiger partial charge in [0.05, 0.1) is 37.7 Å². The van der Waals surface area contributed by atoms with E-state index in [0.29, 0.717) is 0 Å². The van der Waals surface area contributed by atoms with Crippen LogP contribution in [0.5, 0.6) is 0 Å². The van der Waals surface area contributed by atoms with Gasteiger partial charge < -0.3 is 14.5 Å². The van der Waals surface area contributed by atoms with Gasteiger partial charge >= 0.3 is 0 Å². The van der Waals surface area contributed by atoms with Crippen LogP contribution < -0.4 is 5.32 Å². The van der Waals surface area contributed by atoms with Crippen molar-refractivity contribution in [1.82, 2.24) is 14.7 Å². The van der Waals surface area contributed by atoms with E-state index in [9.17, 15) is 0 Å². The lowest BCUT2D eigenvalue weighted by Crippen LogP contribution is -2.38. The number of anilines is 1. The van der Waals surface area contributed by atoms with E-state index in [1.54, 1.807) is 0 Å². The van der Waals surface area contributed by atoms with E-state index in [0.717, 1.165) is 61.8 Å². The first kappa shape index (κ1) is 16.2. The largest absolute Gasteiger partial charge is 0.459 e. The van der Waals surface area contributed by atoms with E-state index in [2.05, 4.69) is 40.6 Å². The molecule has 6 heteroatoms. The van der Waals surface area contributed by atoms with Crippen LogP contribution >= 0.6 is 0 Å². The number of rotatable bonds is 6. The third-order valence-corrected chi connectivity index (χ3v) is 4.64. The fourth-order valence-corrected chi connectivity index (χ4v) is 3.17. The molecule has 1 N–H and O–H groups in total. The molecule has 1 saturated heterocycles. The number of nitrogens with one attached hydrogen (secondary N) is 1. The fraction of sp³-hybridized carbons (Fsp3) is 0.421. The molecule has 0 amide bonds. The lowest BCUT2D eigenvalue weighted by atomic mass is 10.2. The van der Waals surface area contributed by atoms with Crippen molar-refractivity contribution in [2.24, 2.45) is 0 Å². The molecule has 4 rings (SSSR count). The summed E-state index contributed by atoms with van der Waals surface area (Å²) in [6.45, 7) is 7.68. The SMILES string of the molecule is C[C@H](Nc1cnn(CCN2CCOCC2)c1)c1cc2ccccc2o1. The molecule has 0 spiro atoms. The van der Waals surface area contributed by atoms with Crippen LogP contribution in [0.2, 0.25) is 0 Å². The smallest absolute Gasteiger partial charge is 0.134 e. The predicted octanol–water partition coefficient (Wildman–Crippen LogP) is 3.13. The molecule has 2 aromatic heterocycles. The number of para-hydroxylation sites is 1. The Kier molecular flexibility index (Phi) is 4.72. The van der Waals surface area contributed by atoms with Gasteiger partial charge in [0.25, 0.3) is 0 Å². The van der Waals surface area contributed by atoms with Gasteiger partial charge in [0.2, 0.25) is 0 Å². The quantitative estimate of drug-likeness (QED) is 0.747. The highest BCUT2D eigenvalue weighted by molar-refractivity contribution is 5.77. The fourth-order valence-electron chi connectivity index (χ4n) is 3.17. The molecule has 6 nitrogen and oxygen atoms in total. The van der Waals surface area contributed by atoms with Crippen molar-refractivity contribution in [3.05, 3.63) is 48.5 Å². The van der Waals surface area contributed by atoms with Gasteiger partial charge in [-0.25, -0.2) is 0 Å². The summed E-state index contributed by atoms with van der Waals surface area (Å²) in [4.78, 5) is 2.41. The van der Waals surface area contributed by atoms with Gasteiger partial charge in [-0.15, -0.1) is 0 Å². The zero-order valence-corrected chi connectivity index (χ0v) is 14.5. The van der Waals surface area contributed by atoms with Crippen molar-refractivity contribution in [2.45, 2.75) is 19.5 Å². The van der Waals surface area contributed by atoms with Crippen molar-refractivity contribution in [3.8, 4) is 0 Å². The summed E-state index contributed by atoms with van der Waals surface area (Å²) < 4.78 is 13.3. The topological polar surface area (TPSA) is 55.5 Å². The molecule has 132 valence electrons. The minimum Gasteiger partial charge on any atom is -0.459 e. The summed E-state index contributed by atoms with van der Waals surface area (Å²) in [5.74, 6) is 0.933. The second-order valence-corrected chi connectivity index (χ2v) is 6.50. The van der Waals surface area contributed by atoms with Gasteiger partial charge in [-0.05, 0) is 19.1 Å². The standard InChI is InChI=1S/C19H24N4O2/c1-15(19-12-16-4-2-3-5-18(16)25-19)21-17-13-20-23(14-17)7-6-22-8-10-24-11-9-22/h2-5,12-15,21H,6-11H2,1H3/t15-/m0/s1. The molecule has 1 aliphatic heterocycles. The second-order valence-electron chi connectivity index (χ2n) is 6.50. The number of benzene rings is 1. The Labute approximate surface area is 147 Å². The molecule has 3 heterocycles. The van der Waals surface area contributed by atoms with Crippen molar-refractivity contribution >= 4 is 16.7 Å². The minimum atomic E-state index is 0.0873. The van der Waals surface area contributed by atoms with E-state index in [-0.39, 0.29) is 6.04 Å². The minimum absolute atomic E-state index is 0.0873. The first-order valence-corrected chi connectivity index (χ1v) is 8.85. The van der Waals surface area contributed by atoms with Crippen molar-refractivity contribution in [3.63, 3.8) is 0 Å². The molecule has 1 fully saturated rings. The van der Waals surface area contributed by atoms with Gasteiger partial charge in [0, 0.05) is 31.2 Å². The zero-order chi connectivity index (χ0) is 17.1. The van der Waals surface area contributed by atoms with Crippen LogP contribution in [0.25, 0.3) is 11.0 Å². The molecule has 3 aromatic rings. The average Bonchev–Trinajstić information content (AvgIpc) is 3.27. The summed E-state index contributed by atoms with van der Waals surface area (Å²) in [6, 6.07) is 10.3. The predicted molar refractivity (Wildman–Crippen MR) is 97.7 cm³/mol. The second kappa shape index (κ2) is 7.29. The molecule has 25 heavy (non-hydrogen) atoms. The molecule has 1 aliphatic rings. The van der Waals surface area contributed by atoms with Crippen LogP contribution in [-0.4, -0.2) is 47.5 Å². The molecule has 0 aliphatic carbocycles. The zero-order valence-electron chi connectivity index (χ0n) is 14.5. The van der Waals surface area contributed by atoms with E-state index in [1.165, 1.54) is 0 Å². The highest BCUT2D eigenvalue weighted by atomic mass is 16.5. The number of ether oxygens (including phenoxy) is 1. The number of nitrogens with zero attached hydrogens (tertiary/aromatic N) is 3. The number of hydrogen-bond acceptors (Lipinski definition) is 5. The molecular weight excluding hydrogens is 316 g/mol. The monoisotopic (exact) mass is 340 g/mol. The van der Waals surface area contributed by atoms with Crippen molar-refractivity contribution in [2.75, 3.05) is 38.2 Å². The maximum atomic E-state index is 5.93. The number of fused-ring (bicyclic) bond motifs is 1. The number of aromatic nitrogens is 2. The summed E-state index contributed by atoms with van der Waals surface area (Å²) in [6.07, 6.45) is 3.93. The van der Waals surface area contributed by atoms with Gasteiger partial charge in [0.1, 0.15) is 11.3 Å². The van der Waals surface area contributed by atoms with Crippen LogP contribution in [0.15, 0.2) is 47.1 Å². The van der Waals surface area contributed by atoms with Crippen LogP contribution in [0, 0.1) is 0 Å². The lowest BCUT2D eigenvalue weighted by Gasteiger charge is -2.26. The number of hydrogen-bond donors (Lipinski definition) is 1. The highest BCUT2D eigenvalue weighted by Crippen LogP contribution is 2.26. The summed E-state index contributed by atoms with van der Waals surface area (Å²) in [7, 11) is 0. The Morgan fingerprint density at radius 1 is 1.20 bits per heavy atom. The Hall–Kier alpha value is -2.31. The van der Waals surface area contributed by atoms with E-state index in [1.807, 2.05) is 29.1 Å². The summed E-state index contributed by atoms with van der Waals surface area (Å²) in [5.41, 5.74) is 1.93. The molecule has 0 bridgehead atoms. The van der Waals surface area contributed by atoms with E-state index >= 15 is 0 Å². The Morgan fingerprint density at radius 2 is 2.04 bits per heavy atom. The highest BCUT2D eigenvalue weighted by Gasteiger charge is 2.13. The molecule has 1 aromatic carbocycles. The summed E-state index contributed by atoms with van der Waals surface area (Å²) in [5, 5.41) is 9.05. The van der Waals surface area contributed by atoms with Crippen molar-refractivity contribution in [1.29, 1.82) is 0 Å². The Bertz CT molecular complexity index is 787. The first-order valence-electron chi connectivity index (χ1n) is 8.85. The van der Waals surface area contributed by atoms with E-state index < -0.39 is 0 Å². The summed E-state index contributed by atoms with van der Waals surface area (Å²) >= 11 is 0. The molecular formula is C19H24N4O2. The lowest BCUT2D eigenvalue weighted by molar-refractivity contribution is 0.0360. The van der Waals surface area contributed by atoms with Crippen LogP contribution in [0.4, 0.5) is 5.69 Å². The number of furan rings is 1. The number of morpholine rings is 1. The maximum absolute atomic E-state index is 5.93. The molecule has 1 atom stereocenters. The average molecular weight is 340 g/mol.